The smallest absolute Gasteiger partial charge is 0.243 e. The predicted molar refractivity (Wildman–Crippen MR) is 124 cm³/mol. The third-order valence-corrected chi connectivity index (χ3v) is 8.40. The lowest BCUT2D eigenvalue weighted by Gasteiger charge is -2.30. The van der Waals surface area contributed by atoms with Crippen molar-refractivity contribution in [3.63, 3.8) is 0 Å². The first-order valence-electron chi connectivity index (χ1n) is 10.2. The summed E-state index contributed by atoms with van der Waals surface area (Å²) < 4.78 is 27.4. The minimum Gasteiger partial charge on any atom is -0.302 e. The van der Waals surface area contributed by atoms with Crippen molar-refractivity contribution in [1.82, 2.24) is 9.29 Å². The number of hydrogen-bond acceptors (Lipinski definition) is 5. The van der Waals surface area contributed by atoms with Gasteiger partial charge in [0.05, 0.1) is 10.6 Å². The van der Waals surface area contributed by atoms with Crippen LogP contribution in [0.1, 0.15) is 24.0 Å². The topological polar surface area (TPSA) is 79.4 Å². The third kappa shape index (κ3) is 4.71. The van der Waals surface area contributed by atoms with Crippen LogP contribution < -0.4 is 5.32 Å². The van der Waals surface area contributed by atoms with E-state index in [1.807, 2.05) is 55.6 Å². The molecule has 1 aliphatic rings. The number of piperidine rings is 1. The lowest BCUT2D eigenvalue weighted by Crippen LogP contribution is -2.41. The van der Waals surface area contributed by atoms with Gasteiger partial charge in [-0.2, -0.15) is 4.31 Å². The molecule has 6 nitrogen and oxygen atoms in total. The Hall–Kier alpha value is -2.55. The van der Waals surface area contributed by atoms with Crippen molar-refractivity contribution in [2.24, 2.45) is 5.92 Å². The summed E-state index contributed by atoms with van der Waals surface area (Å²) in [5.41, 5.74) is 3.85. The standard InChI is InChI=1S/C23H25N3O3S2/c1-16-8-9-20(14-17(16)2)31(28,29)26-12-10-19(11-13-26)22(27)25-23-24-21(15-30-23)18-6-4-3-5-7-18/h3-9,14-15,19H,10-13H2,1-2H3,(H,24,25,27). The Labute approximate surface area is 187 Å². The van der Waals surface area contributed by atoms with Gasteiger partial charge in [-0.3, -0.25) is 4.79 Å². The minimum absolute atomic E-state index is 0.0998. The summed E-state index contributed by atoms with van der Waals surface area (Å²) in [6.45, 7) is 4.54. The highest BCUT2D eigenvalue weighted by Gasteiger charge is 2.32. The van der Waals surface area contributed by atoms with E-state index in [0.29, 0.717) is 36.0 Å². The molecule has 1 aromatic heterocycles. The molecular formula is C23H25N3O3S2. The Morgan fingerprint density at radius 1 is 1.06 bits per heavy atom. The summed E-state index contributed by atoms with van der Waals surface area (Å²) in [5.74, 6) is -0.326. The molecular weight excluding hydrogens is 430 g/mol. The molecule has 162 valence electrons. The Morgan fingerprint density at radius 3 is 2.45 bits per heavy atom. The molecule has 0 aliphatic carbocycles. The minimum atomic E-state index is -3.55. The normalized spacial score (nSPS) is 15.7. The summed E-state index contributed by atoms with van der Waals surface area (Å²) in [4.78, 5) is 17.5. The first kappa shape index (κ1) is 21.7. The van der Waals surface area contributed by atoms with Crippen molar-refractivity contribution in [2.45, 2.75) is 31.6 Å². The van der Waals surface area contributed by atoms with Gasteiger partial charge in [0.2, 0.25) is 15.9 Å². The number of amides is 1. The van der Waals surface area contributed by atoms with E-state index in [1.165, 1.54) is 15.6 Å². The highest BCUT2D eigenvalue weighted by molar-refractivity contribution is 7.89. The average Bonchev–Trinajstić information content (AvgIpc) is 3.24. The van der Waals surface area contributed by atoms with Crippen LogP contribution in [0.3, 0.4) is 0 Å². The Bertz CT molecular complexity index is 1180. The van der Waals surface area contributed by atoms with Crippen LogP contribution in [0.25, 0.3) is 11.3 Å². The molecule has 1 aliphatic heterocycles. The molecule has 2 aromatic carbocycles. The number of sulfonamides is 1. The van der Waals surface area contributed by atoms with Gasteiger partial charge in [0.15, 0.2) is 5.13 Å². The lowest BCUT2D eigenvalue weighted by molar-refractivity contribution is -0.120. The number of benzene rings is 2. The highest BCUT2D eigenvalue weighted by atomic mass is 32.2. The highest BCUT2D eigenvalue weighted by Crippen LogP contribution is 2.28. The van der Waals surface area contributed by atoms with E-state index in [-0.39, 0.29) is 11.8 Å². The maximum atomic E-state index is 13.0. The van der Waals surface area contributed by atoms with Crippen LogP contribution in [0.4, 0.5) is 5.13 Å². The summed E-state index contributed by atoms with van der Waals surface area (Å²) in [6, 6.07) is 15.0. The van der Waals surface area contributed by atoms with E-state index >= 15 is 0 Å². The molecule has 0 atom stereocenters. The summed E-state index contributed by atoms with van der Waals surface area (Å²) in [7, 11) is -3.55. The summed E-state index contributed by atoms with van der Waals surface area (Å²) in [5, 5.41) is 5.39. The van der Waals surface area contributed by atoms with Crippen LogP contribution in [0.2, 0.25) is 0 Å². The van der Waals surface area contributed by atoms with E-state index in [0.717, 1.165) is 22.4 Å². The Morgan fingerprint density at radius 2 is 1.77 bits per heavy atom. The molecule has 3 aromatic rings. The van der Waals surface area contributed by atoms with E-state index < -0.39 is 10.0 Å². The second-order valence-electron chi connectivity index (χ2n) is 7.82. The van der Waals surface area contributed by atoms with Crippen LogP contribution in [-0.4, -0.2) is 36.7 Å². The van der Waals surface area contributed by atoms with Crippen LogP contribution in [-0.2, 0) is 14.8 Å². The second-order valence-corrected chi connectivity index (χ2v) is 10.6. The molecule has 1 saturated heterocycles. The zero-order chi connectivity index (χ0) is 22.0. The number of carbonyl (C=O) groups excluding carboxylic acids is 1. The number of rotatable bonds is 5. The number of hydrogen-bond donors (Lipinski definition) is 1. The van der Waals surface area contributed by atoms with Gasteiger partial charge in [-0.1, -0.05) is 36.4 Å². The number of thiazole rings is 1. The van der Waals surface area contributed by atoms with Crippen molar-refractivity contribution in [1.29, 1.82) is 0 Å². The molecule has 8 heteroatoms. The maximum absolute atomic E-state index is 13.0. The molecule has 0 radical (unpaired) electrons. The van der Waals surface area contributed by atoms with Gasteiger partial charge in [0.1, 0.15) is 0 Å². The van der Waals surface area contributed by atoms with Gasteiger partial charge in [0, 0.05) is 30.0 Å². The monoisotopic (exact) mass is 455 g/mol. The van der Waals surface area contributed by atoms with Crippen LogP contribution in [0, 0.1) is 19.8 Å². The third-order valence-electron chi connectivity index (χ3n) is 5.74. The van der Waals surface area contributed by atoms with Gasteiger partial charge in [-0.05, 0) is 49.9 Å². The van der Waals surface area contributed by atoms with Crippen molar-refractivity contribution < 1.29 is 13.2 Å². The number of carbonyl (C=O) groups is 1. The fraction of sp³-hybridized carbons (Fsp3) is 0.304. The molecule has 0 unspecified atom stereocenters. The van der Waals surface area contributed by atoms with Gasteiger partial charge in [-0.15, -0.1) is 11.3 Å². The number of nitrogens with one attached hydrogen (secondary N) is 1. The maximum Gasteiger partial charge on any atom is 0.243 e. The number of aryl methyl sites for hydroxylation is 2. The van der Waals surface area contributed by atoms with E-state index in [2.05, 4.69) is 10.3 Å². The first-order valence-corrected chi connectivity index (χ1v) is 12.6. The molecule has 1 amide bonds. The van der Waals surface area contributed by atoms with E-state index in [9.17, 15) is 13.2 Å². The molecule has 2 heterocycles. The fourth-order valence-corrected chi connectivity index (χ4v) is 5.94. The van der Waals surface area contributed by atoms with Crippen molar-refractivity contribution in [3.8, 4) is 11.3 Å². The van der Waals surface area contributed by atoms with Crippen LogP contribution in [0.5, 0.6) is 0 Å². The van der Waals surface area contributed by atoms with Gasteiger partial charge >= 0.3 is 0 Å². The Balaban J connectivity index is 1.37. The SMILES string of the molecule is Cc1ccc(S(=O)(=O)N2CCC(C(=O)Nc3nc(-c4ccccc4)cs3)CC2)cc1C. The zero-order valence-electron chi connectivity index (χ0n) is 17.5. The number of aromatic nitrogens is 1. The van der Waals surface area contributed by atoms with Crippen molar-refractivity contribution in [3.05, 3.63) is 65.0 Å². The molecule has 4 rings (SSSR count). The molecule has 1 N–H and O–H groups in total. The summed E-state index contributed by atoms with van der Waals surface area (Å²) >= 11 is 1.39. The Kier molecular flexibility index (Phi) is 6.22. The van der Waals surface area contributed by atoms with Crippen LogP contribution >= 0.6 is 11.3 Å². The number of nitrogens with zero attached hydrogens (tertiary/aromatic N) is 2. The average molecular weight is 456 g/mol. The predicted octanol–water partition coefficient (Wildman–Crippen LogP) is 4.47. The molecule has 0 spiro atoms. The molecule has 1 fully saturated rings. The second kappa shape index (κ2) is 8.90. The molecule has 0 bridgehead atoms. The van der Waals surface area contributed by atoms with Gasteiger partial charge < -0.3 is 5.32 Å². The van der Waals surface area contributed by atoms with Gasteiger partial charge in [0.25, 0.3) is 0 Å². The fourth-order valence-electron chi connectivity index (χ4n) is 3.66. The summed E-state index contributed by atoms with van der Waals surface area (Å²) in [6.07, 6.45) is 0.986. The van der Waals surface area contributed by atoms with Gasteiger partial charge in [-0.25, -0.2) is 13.4 Å². The zero-order valence-corrected chi connectivity index (χ0v) is 19.2. The van der Waals surface area contributed by atoms with Crippen molar-refractivity contribution >= 4 is 32.4 Å². The number of anilines is 1. The lowest BCUT2D eigenvalue weighted by atomic mass is 9.97. The molecule has 0 saturated carbocycles. The molecule has 31 heavy (non-hydrogen) atoms. The quantitative estimate of drug-likeness (QED) is 0.616. The van der Waals surface area contributed by atoms with Crippen LogP contribution in [0.15, 0.2) is 58.8 Å². The largest absolute Gasteiger partial charge is 0.302 e. The van der Waals surface area contributed by atoms with E-state index in [1.54, 1.807) is 12.1 Å². The van der Waals surface area contributed by atoms with E-state index in [4.69, 9.17) is 0 Å². The first-order chi connectivity index (χ1) is 14.8. The van der Waals surface area contributed by atoms with Crippen molar-refractivity contribution in [2.75, 3.05) is 18.4 Å².